The van der Waals surface area contributed by atoms with Gasteiger partial charge in [-0.25, -0.2) is 0 Å². The summed E-state index contributed by atoms with van der Waals surface area (Å²) in [5, 5.41) is 8.85. The summed E-state index contributed by atoms with van der Waals surface area (Å²) in [6, 6.07) is 15.7. The van der Waals surface area contributed by atoms with E-state index in [4.69, 9.17) is 0 Å². The van der Waals surface area contributed by atoms with Gasteiger partial charge in [0.1, 0.15) is 5.75 Å². The Labute approximate surface area is 188 Å². The van der Waals surface area contributed by atoms with Gasteiger partial charge in [0.2, 0.25) is 0 Å². The molecule has 3 nitrogen and oxygen atoms in total. The second-order valence-electron chi connectivity index (χ2n) is 8.43. The molecule has 32 heavy (non-hydrogen) atoms. The number of hydrogen-bond donors (Lipinski definition) is 0. The standard InChI is InChI=1S/C26H31F3N2O/c1-2-3-5-8-20-11-15-23(16-12-20)25(22-9-6-4-7-10-22)31-30-19-21-13-17-24(18-14-21)32-26(27,28)29/h4,6-7,9-10,13-14,17-20,23H,2-3,5,8,11-12,15-16H2,1H3. The van der Waals surface area contributed by atoms with E-state index in [2.05, 4.69) is 34.0 Å². The minimum absolute atomic E-state index is 0.251. The molecule has 0 spiro atoms. The molecule has 0 bridgehead atoms. The molecular formula is C26H31F3N2O. The zero-order chi connectivity index (χ0) is 22.8. The van der Waals surface area contributed by atoms with Gasteiger partial charge in [0.05, 0.1) is 11.9 Å². The van der Waals surface area contributed by atoms with Crippen molar-refractivity contribution in [1.82, 2.24) is 0 Å². The largest absolute Gasteiger partial charge is 0.573 e. The number of alkyl halides is 3. The number of benzene rings is 2. The highest BCUT2D eigenvalue weighted by Gasteiger charge is 2.31. The number of nitrogens with zero attached hydrogens (tertiary/aromatic N) is 2. The van der Waals surface area contributed by atoms with Gasteiger partial charge in [-0.3, -0.25) is 0 Å². The first-order valence-corrected chi connectivity index (χ1v) is 11.5. The summed E-state index contributed by atoms with van der Waals surface area (Å²) in [6.07, 6.45) is 6.77. The Morgan fingerprint density at radius 1 is 0.969 bits per heavy atom. The number of hydrogen-bond acceptors (Lipinski definition) is 3. The van der Waals surface area contributed by atoms with Gasteiger partial charge in [0.25, 0.3) is 0 Å². The molecule has 0 N–H and O–H groups in total. The quantitative estimate of drug-likeness (QED) is 0.221. The second-order valence-corrected chi connectivity index (χ2v) is 8.43. The van der Waals surface area contributed by atoms with Gasteiger partial charge in [-0.1, -0.05) is 62.9 Å². The van der Waals surface area contributed by atoms with E-state index in [0.717, 1.165) is 30.0 Å². The fourth-order valence-electron chi connectivity index (χ4n) is 4.30. The summed E-state index contributed by atoms with van der Waals surface area (Å²) < 4.78 is 40.8. The maximum Gasteiger partial charge on any atom is 0.573 e. The molecule has 0 aromatic heterocycles. The fourth-order valence-corrected chi connectivity index (χ4v) is 4.30. The molecule has 0 radical (unpaired) electrons. The third-order valence-electron chi connectivity index (χ3n) is 6.00. The Morgan fingerprint density at radius 2 is 1.66 bits per heavy atom. The summed E-state index contributed by atoms with van der Waals surface area (Å²) in [6.45, 7) is 2.24. The summed E-state index contributed by atoms with van der Waals surface area (Å²) in [5.41, 5.74) is 2.73. The molecule has 2 aromatic rings. The van der Waals surface area contributed by atoms with Crippen molar-refractivity contribution in [2.75, 3.05) is 0 Å². The van der Waals surface area contributed by atoms with Crippen molar-refractivity contribution >= 4 is 11.9 Å². The van der Waals surface area contributed by atoms with Gasteiger partial charge in [0, 0.05) is 5.92 Å². The summed E-state index contributed by atoms with van der Waals surface area (Å²) in [7, 11) is 0. The van der Waals surface area contributed by atoms with E-state index in [-0.39, 0.29) is 5.75 Å². The summed E-state index contributed by atoms with van der Waals surface area (Å²) >= 11 is 0. The van der Waals surface area contributed by atoms with Crippen LogP contribution in [0.4, 0.5) is 13.2 Å². The van der Waals surface area contributed by atoms with Crippen molar-refractivity contribution in [1.29, 1.82) is 0 Å². The number of halogens is 3. The van der Waals surface area contributed by atoms with Crippen LogP contribution in [-0.2, 0) is 0 Å². The maximum absolute atomic E-state index is 12.3. The summed E-state index contributed by atoms with van der Waals surface area (Å²) in [4.78, 5) is 0. The van der Waals surface area contributed by atoms with Gasteiger partial charge in [-0.2, -0.15) is 10.2 Å². The molecule has 2 aromatic carbocycles. The Balaban J connectivity index is 1.67. The average Bonchev–Trinajstić information content (AvgIpc) is 2.78. The first kappa shape index (κ1) is 24.0. The molecule has 1 saturated carbocycles. The van der Waals surface area contributed by atoms with Gasteiger partial charge in [-0.05, 0) is 67.0 Å². The van der Waals surface area contributed by atoms with E-state index in [1.165, 1.54) is 62.8 Å². The lowest BCUT2D eigenvalue weighted by Gasteiger charge is -2.29. The van der Waals surface area contributed by atoms with Crippen LogP contribution in [0.5, 0.6) is 5.75 Å². The van der Waals surface area contributed by atoms with Crippen molar-refractivity contribution in [3.63, 3.8) is 0 Å². The third-order valence-corrected chi connectivity index (χ3v) is 6.00. The van der Waals surface area contributed by atoms with Crippen molar-refractivity contribution in [3.8, 4) is 5.75 Å². The van der Waals surface area contributed by atoms with Gasteiger partial charge < -0.3 is 4.74 Å². The lowest BCUT2D eigenvalue weighted by molar-refractivity contribution is -0.274. The van der Waals surface area contributed by atoms with Crippen molar-refractivity contribution < 1.29 is 17.9 Å². The smallest absolute Gasteiger partial charge is 0.406 e. The molecule has 6 heteroatoms. The summed E-state index contributed by atoms with van der Waals surface area (Å²) in [5.74, 6) is 0.939. The van der Waals surface area contributed by atoms with E-state index < -0.39 is 6.36 Å². The topological polar surface area (TPSA) is 34.0 Å². The predicted molar refractivity (Wildman–Crippen MR) is 123 cm³/mol. The van der Waals surface area contributed by atoms with Crippen LogP contribution in [0.15, 0.2) is 64.8 Å². The van der Waals surface area contributed by atoms with Crippen LogP contribution in [0.1, 0.15) is 69.4 Å². The molecule has 172 valence electrons. The van der Waals surface area contributed by atoms with E-state index in [1.807, 2.05) is 18.2 Å². The lowest BCUT2D eigenvalue weighted by atomic mass is 9.76. The van der Waals surface area contributed by atoms with Gasteiger partial charge in [-0.15, -0.1) is 13.2 Å². The van der Waals surface area contributed by atoms with E-state index in [9.17, 15) is 13.2 Å². The highest BCUT2D eigenvalue weighted by atomic mass is 19.4. The zero-order valence-corrected chi connectivity index (χ0v) is 18.5. The molecule has 0 aliphatic heterocycles. The molecule has 0 heterocycles. The molecule has 3 rings (SSSR count). The first-order valence-electron chi connectivity index (χ1n) is 11.5. The van der Waals surface area contributed by atoms with Crippen molar-refractivity contribution in [2.45, 2.75) is 64.7 Å². The number of rotatable bonds is 9. The van der Waals surface area contributed by atoms with Crippen LogP contribution in [0.25, 0.3) is 0 Å². The molecular weight excluding hydrogens is 413 g/mol. The fraction of sp³-hybridized carbons (Fsp3) is 0.462. The Hall–Kier alpha value is -2.63. The molecule has 1 fully saturated rings. The minimum Gasteiger partial charge on any atom is -0.406 e. The highest BCUT2D eigenvalue weighted by molar-refractivity contribution is 6.02. The Bertz CT molecular complexity index is 868. The maximum atomic E-state index is 12.3. The van der Waals surface area contributed by atoms with Crippen LogP contribution in [0, 0.1) is 11.8 Å². The number of unbranched alkanes of at least 4 members (excludes halogenated alkanes) is 2. The van der Waals surface area contributed by atoms with Gasteiger partial charge >= 0.3 is 6.36 Å². The number of ether oxygens (including phenoxy) is 1. The van der Waals surface area contributed by atoms with Gasteiger partial charge in [0.15, 0.2) is 0 Å². The van der Waals surface area contributed by atoms with E-state index in [1.54, 1.807) is 6.21 Å². The van der Waals surface area contributed by atoms with Crippen LogP contribution in [0.3, 0.4) is 0 Å². The monoisotopic (exact) mass is 444 g/mol. The molecule has 1 aliphatic carbocycles. The average molecular weight is 445 g/mol. The first-order chi connectivity index (χ1) is 15.4. The SMILES string of the molecule is CCCCCC1CCC(C(=NN=Cc2ccc(OC(F)(F)F)cc2)c2ccccc2)CC1. The molecule has 0 atom stereocenters. The predicted octanol–water partition coefficient (Wildman–Crippen LogP) is 7.80. The second kappa shape index (κ2) is 11.8. The molecule has 0 unspecified atom stereocenters. The third kappa shape index (κ3) is 7.81. The molecule has 0 saturated heterocycles. The van der Waals surface area contributed by atoms with Crippen LogP contribution < -0.4 is 4.74 Å². The normalized spacial score (nSPS) is 19.9. The highest BCUT2D eigenvalue weighted by Crippen LogP contribution is 2.34. The molecule has 1 aliphatic rings. The Morgan fingerprint density at radius 3 is 2.28 bits per heavy atom. The van der Waals surface area contributed by atoms with Crippen molar-refractivity contribution in [3.05, 3.63) is 65.7 Å². The Kier molecular flexibility index (Phi) is 8.89. The lowest BCUT2D eigenvalue weighted by Crippen LogP contribution is -2.22. The van der Waals surface area contributed by atoms with E-state index >= 15 is 0 Å². The van der Waals surface area contributed by atoms with Crippen molar-refractivity contribution in [2.24, 2.45) is 22.0 Å². The van der Waals surface area contributed by atoms with Crippen LogP contribution >= 0.6 is 0 Å². The molecule has 0 amide bonds. The van der Waals surface area contributed by atoms with Crippen LogP contribution in [0.2, 0.25) is 0 Å². The van der Waals surface area contributed by atoms with Crippen LogP contribution in [-0.4, -0.2) is 18.3 Å². The zero-order valence-electron chi connectivity index (χ0n) is 18.5. The van der Waals surface area contributed by atoms with E-state index in [0.29, 0.717) is 11.5 Å². The minimum atomic E-state index is -4.69.